The lowest BCUT2D eigenvalue weighted by Crippen LogP contribution is -2.58. The van der Waals surface area contributed by atoms with Crippen LogP contribution < -0.4 is 0 Å². The Hall–Kier alpha value is -0.730. The lowest BCUT2D eigenvalue weighted by Gasteiger charge is -2.37. The molecule has 0 radical (unpaired) electrons. The Labute approximate surface area is 121 Å². The summed E-state index contributed by atoms with van der Waals surface area (Å²) in [6, 6.07) is 9.96. The maximum Gasteiger partial charge on any atom is 0.184 e. The van der Waals surface area contributed by atoms with Crippen LogP contribution >= 0.6 is 11.6 Å². The average Bonchev–Trinajstić information content (AvgIpc) is 2.50. The lowest BCUT2D eigenvalue weighted by atomic mass is 10.00. The number of halogens is 1. The van der Waals surface area contributed by atoms with E-state index in [-0.39, 0.29) is 0 Å². The van der Waals surface area contributed by atoms with Crippen molar-refractivity contribution >= 4 is 11.6 Å². The van der Waals surface area contributed by atoms with Gasteiger partial charge in [0.2, 0.25) is 0 Å². The van der Waals surface area contributed by atoms with Crippen LogP contribution in [0.2, 0.25) is 0 Å². The molecule has 1 fully saturated rings. The quantitative estimate of drug-likeness (QED) is 0.458. The maximum absolute atomic E-state index is 9.12. The van der Waals surface area contributed by atoms with Crippen molar-refractivity contribution in [1.82, 2.24) is 0 Å². The van der Waals surface area contributed by atoms with Gasteiger partial charge in [0.25, 0.3) is 0 Å². The normalized spacial score (nSPS) is 33.2. The summed E-state index contributed by atoms with van der Waals surface area (Å²) in [4.78, 5) is 0. The molecule has 1 aromatic rings. The van der Waals surface area contributed by atoms with Gasteiger partial charge in [-0.25, -0.2) is 0 Å². The van der Waals surface area contributed by atoms with Crippen LogP contribution in [0.5, 0.6) is 0 Å². The van der Waals surface area contributed by atoms with Gasteiger partial charge in [0, 0.05) is 5.88 Å². The van der Waals surface area contributed by atoms with E-state index in [2.05, 4.69) is 4.74 Å². The van der Waals surface area contributed by atoms with E-state index in [4.69, 9.17) is 37.1 Å². The molecule has 7 heteroatoms. The predicted molar refractivity (Wildman–Crippen MR) is 72.0 cm³/mol. The van der Waals surface area contributed by atoms with E-state index in [0.29, 0.717) is 5.88 Å². The fraction of sp³-hybridized carbons (Fsp3) is 0.538. The Morgan fingerprint density at radius 3 is 2.00 bits per heavy atom. The minimum Gasteiger partial charge on any atom is -0.394 e. The zero-order chi connectivity index (χ0) is 15.1. The highest BCUT2D eigenvalue weighted by atomic mass is 35.5. The molecular weight excluding hydrogens is 288 g/mol. The van der Waals surface area contributed by atoms with Gasteiger partial charge in [0.15, 0.2) is 6.29 Å². The molecule has 1 aliphatic heterocycles. The number of alkyl halides is 1. The number of benzene rings is 1. The van der Waals surface area contributed by atoms with Crippen LogP contribution in [0.15, 0.2) is 30.3 Å². The fourth-order valence-corrected chi connectivity index (χ4v) is 1.83. The first-order valence-electron chi connectivity index (χ1n) is 6.09. The second kappa shape index (κ2) is 8.53. The molecule has 0 unspecified atom stereocenters. The van der Waals surface area contributed by atoms with Gasteiger partial charge in [-0.3, -0.25) is 0 Å². The van der Waals surface area contributed by atoms with Gasteiger partial charge < -0.3 is 30.3 Å². The minimum atomic E-state index is -1.57. The summed E-state index contributed by atoms with van der Waals surface area (Å²) >= 11 is 5.53. The molecule has 0 aromatic heterocycles. The standard InChI is InChI=1S/C7H7Cl.C6H12O6/c8-6-7-4-2-1-3-5-7;7-1-2-3(8)4(9)5(10)6(11)12-2/h1-5H,6H2;2-11H,1H2/t;2-,3-,4+,5-,6+/m.1/s1. The smallest absolute Gasteiger partial charge is 0.184 e. The molecular formula is C13H19ClO6. The van der Waals surface area contributed by atoms with E-state index in [1.165, 1.54) is 5.56 Å². The number of aliphatic hydroxyl groups excluding tert-OH is 5. The zero-order valence-corrected chi connectivity index (χ0v) is 11.5. The molecule has 114 valence electrons. The van der Waals surface area contributed by atoms with Crippen molar-refractivity contribution in [3.05, 3.63) is 35.9 Å². The van der Waals surface area contributed by atoms with Gasteiger partial charge in [-0.1, -0.05) is 30.3 Å². The average molecular weight is 307 g/mol. The topological polar surface area (TPSA) is 110 Å². The first-order valence-corrected chi connectivity index (χ1v) is 6.63. The summed E-state index contributed by atoms with van der Waals surface area (Å²) in [6.07, 6.45) is -7.04. The largest absolute Gasteiger partial charge is 0.394 e. The summed E-state index contributed by atoms with van der Waals surface area (Å²) in [6.45, 7) is -0.526. The molecule has 1 aromatic carbocycles. The van der Waals surface area contributed by atoms with Crippen molar-refractivity contribution in [2.24, 2.45) is 0 Å². The van der Waals surface area contributed by atoms with E-state index in [9.17, 15) is 0 Å². The van der Waals surface area contributed by atoms with Gasteiger partial charge in [-0.15, -0.1) is 11.6 Å². The van der Waals surface area contributed by atoms with Crippen molar-refractivity contribution in [2.75, 3.05) is 6.61 Å². The SMILES string of the molecule is ClCc1ccccc1.OC[C@H]1O[C@H](O)[C@H](O)[C@@H](O)[C@@H]1O. The van der Waals surface area contributed by atoms with Crippen molar-refractivity contribution in [3.63, 3.8) is 0 Å². The van der Waals surface area contributed by atoms with E-state index in [1.807, 2.05) is 30.3 Å². The molecule has 6 nitrogen and oxygen atoms in total. The summed E-state index contributed by atoms with van der Waals surface area (Å²) < 4.78 is 4.58. The molecule has 1 aliphatic rings. The van der Waals surface area contributed by atoms with Crippen LogP contribution in [-0.2, 0) is 10.6 Å². The van der Waals surface area contributed by atoms with Crippen molar-refractivity contribution in [3.8, 4) is 0 Å². The molecule has 0 amide bonds. The Morgan fingerprint density at radius 2 is 1.55 bits per heavy atom. The number of aliphatic hydroxyl groups is 5. The molecule has 1 heterocycles. The van der Waals surface area contributed by atoms with Gasteiger partial charge in [-0.05, 0) is 5.56 Å². The van der Waals surface area contributed by atoms with Crippen LogP contribution in [0.4, 0.5) is 0 Å². The van der Waals surface area contributed by atoms with Crippen LogP contribution in [0.3, 0.4) is 0 Å². The maximum atomic E-state index is 9.12. The Balaban J connectivity index is 0.000000217. The van der Waals surface area contributed by atoms with Crippen molar-refractivity contribution in [1.29, 1.82) is 0 Å². The number of hydrogen-bond donors (Lipinski definition) is 5. The van der Waals surface area contributed by atoms with E-state index >= 15 is 0 Å². The van der Waals surface area contributed by atoms with Crippen LogP contribution in [0.25, 0.3) is 0 Å². The van der Waals surface area contributed by atoms with Crippen LogP contribution in [0, 0.1) is 0 Å². The summed E-state index contributed by atoms with van der Waals surface area (Å²) in [5.41, 5.74) is 1.18. The third-order valence-corrected chi connectivity index (χ3v) is 3.17. The van der Waals surface area contributed by atoms with Crippen LogP contribution in [0.1, 0.15) is 5.56 Å². The Kier molecular flexibility index (Phi) is 7.39. The number of hydrogen-bond acceptors (Lipinski definition) is 6. The van der Waals surface area contributed by atoms with E-state index in [0.717, 1.165) is 0 Å². The molecule has 0 saturated carbocycles. The molecule has 5 N–H and O–H groups in total. The predicted octanol–water partition coefficient (Wildman–Crippen LogP) is -0.796. The third kappa shape index (κ3) is 4.68. The first-order chi connectivity index (χ1) is 9.51. The molecule has 0 aliphatic carbocycles. The summed E-state index contributed by atoms with van der Waals surface area (Å²) in [5, 5.41) is 44.7. The molecule has 0 spiro atoms. The van der Waals surface area contributed by atoms with Gasteiger partial charge in [0.05, 0.1) is 6.61 Å². The van der Waals surface area contributed by atoms with E-state index < -0.39 is 37.3 Å². The molecule has 5 atom stereocenters. The molecule has 1 saturated heterocycles. The Bertz CT molecular complexity index is 372. The molecule has 0 bridgehead atoms. The monoisotopic (exact) mass is 306 g/mol. The van der Waals surface area contributed by atoms with Crippen LogP contribution in [-0.4, -0.2) is 62.8 Å². The number of rotatable bonds is 2. The number of ether oxygens (including phenoxy) is 1. The highest BCUT2D eigenvalue weighted by Gasteiger charge is 2.42. The zero-order valence-electron chi connectivity index (χ0n) is 10.7. The molecule has 2 rings (SSSR count). The van der Waals surface area contributed by atoms with Crippen molar-refractivity contribution in [2.45, 2.75) is 36.6 Å². The Morgan fingerprint density at radius 1 is 0.950 bits per heavy atom. The first kappa shape index (κ1) is 17.3. The molecule has 20 heavy (non-hydrogen) atoms. The van der Waals surface area contributed by atoms with E-state index in [1.54, 1.807) is 0 Å². The highest BCUT2D eigenvalue weighted by molar-refractivity contribution is 6.17. The fourth-order valence-electron chi connectivity index (χ4n) is 1.65. The second-order valence-electron chi connectivity index (χ2n) is 4.34. The van der Waals surface area contributed by atoms with Gasteiger partial charge in [0.1, 0.15) is 24.4 Å². The third-order valence-electron chi connectivity index (χ3n) is 2.86. The minimum absolute atomic E-state index is 0.526. The van der Waals surface area contributed by atoms with Gasteiger partial charge >= 0.3 is 0 Å². The summed E-state index contributed by atoms with van der Waals surface area (Å²) in [7, 11) is 0. The van der Waals surface area contributed by atoms with Gasteiger partial charge in [-0.2, -0.15) is 0 Å². The highest BCUT2D eigenvalue weighted by Crippen LogP contribution is 2.18. The van der Waals surface area contributed by atoms with Crippen molar-refractivity contribution < 1.29 is 30.3 Å². The summed E-state index contributed by atoms with van der Waals surface area (Å²) in [5.74, 6) is 0.612. The second-order valence-corrected chi connectivity index (χ2v) is 4.61. The lowest BCUT2D eigenvalue weighted by molar-refractivity contribution is -0.286.